The molecule has 0 spiro atoms. The molecule has 0 amide bonds. The normalized spacial score (nSPS) is 21.6. The molecule has 1 atom stereocenters. The summed E-state index contributed by atoms with van der Waals surface area (Å²) in [6, 6.07) is 0. The number of aliphatic hydroxyl groups excluding tert-OH is 1. The van der Waals surface area contributed by atoms with E-state index in [2.05, 4.69) is 43.1 Å². The van der Waals surface area contributed by atoms with Crippen LogP contribution in [-0.4, -0.2) is 36.2 Å². The Hall–Kier alpha value is -0.600. The molecule has 0 aromatic heterocycles. The second-order valence-electron chi connectivity index (χ2n) is 5.13. The van der Waals surface area contributed by atoms with Crippen LogP contribution in [0, 0.1) is 11.8 Å². The van der Waals surface area contributed by atoms with Crippen LogP contribution in [0.5, 0.6) is 0 Å². The van der Waals surface area contributed by atoms with Crippen molar-refractivity contribution in [2.45, 2.75) is 33.1 Å². The first kappa shape index (κ1) is 14.5. The van der Waals surface area contributed by atoms with Gasteiger partial charge in [-0.2, -0.15) is 0 Å². The van der Waals surface area contributed by atoms with E-state index in [4.69, 9.17) is 5.11 Å². The number of aliphatic hydroxyl groups is 1. The van der Waals surface area contributed by atoms with Crippen molar-refractivity contribution in [3.05, 3.63) is 24.3 Å². The van der Waals surface area contributed by atoms with Crippen molar-refractivity contribution < 1.29 is 5.11 Å². The second-order valence-corrected chi connectivity index (χ2v) is 5.13. The number of hydrogen-bond donors (Lipinski definition) is 1. The van der Waals surface area contributed by atoms with E-state index in [1.54, 1.807) is 0 Å². The number of rotatable bonds is 6. The van der Waals surface area contributed by atoms with Crippen molar-refractivity contribution in [2.75, 3.05) is 26.2 Å². The Bertz CT molecular complexity index is 239. The van der Waals surface area contributed by atoms with Crippen LogP contribution in [0.1, 0.15) is 33.1 Å². The third-order valence-electron chi connectivity index (χ3n) is 3.43. The summed E-state index contributed by atoms with van der Waals surface area (Å²) in [5.74, 6) is 1.16. The maximum absolute atomic E-state index is 9.09. The lowest BCUT2D eigenvalue weighted by Gasteiger charge is -2.32. The van der Waals surface area contributed by atoms with Crippen molar-refractivity contribution >= 4 is 0 Å². The molecule has 0 radical (unpaired) electrons. The molecule has 0 aliphatic carbocycles. The van der Waals surface area contributed by atoms with Gasteiger partial charge in [0.25, 0.3) is 0 Å². The summed E-state index contributed by atoms with van der Waals surface area (Å²) in [7, 11) is 0. The van der Waals surface area contributed by atoms with Gasteiger partial charge in [-0.25, -0.2) is 0 Å². The average molecular weight is 237 g/mol. The molecule has 0 aromatic carbocycles. The van der Waals surface area contributed by atoms with Crippen LogP contribution in [0.25, 0.3) is 0 Å². The molecule has 1 rings (SSSR count). The van der Waals surface area contributed by atoms with E-state index in [0.717, 1.165) is 38.9 Å². The quantitative estimate of drug-likeness (QED) is 0.718. The number of likely N-dealkylation sites (tertiary alicyclic amines) is 1. The van der Waals surface area contributed by atoms with E-state index in [-0.39, 0.29) is 0 Å². The summed E-state index contributed by atoms with van der Waals surface area (Å²) < 4.78 is 0. The van der Waals surface area contributed by atoms with Crippen LogP contribution < -0.4 is 0 Å². The van der Waals surface area contributed by atoms with E-state index in [9.17, 15) is 0 Å². The van der Waals surface area contributed by atoms with E-state index in [0.29, 0.717) is 18.4 Å². The van der Waals surface area contributed by atoms with Crippen LogP contribution in [-0.2, 0) is 0 Å². The van der Waals surface area contributed by atoms with E-state index < -0.39 is 0 Å². The third-order valence-corrected chi connectivity index (χ3v) is 3.43. The van der Waals surface area contributed by atoms with E-state index in [1.807, 2.05) is 0 Å². The first-order valence-corrected chi connectivity index (χ1v) is 6.92. The predicted molar refractivity (Wildman–Crippen MR) is 74.0 cm³/mol. The van der Waals surface area contributed by atoms with Crippen LogP contribution in [0.15, 0.2) is 24.3 Å². The van der Waals surface area contributed by atoms with Crippen LogP contribution in [0.4, 0.5) is 0 Å². The van der Waals surface area contributed by atoms with Gasteiger partial charge in [0.15, 0.2) is 0 Å². The Kier molecular flexibility index (Phi) is 7.22. The Morgan fingerprint density at radius 1 is 1.29 bits per heavy atom. The summed E-state index contributed by atoms with van der Waals surface area (Å²) in [5, 5.41) is 9.09. The van der Waals surface area contributed by atoms with Gasteiger partial charge in [-0.15, -0.1) is 0 Å². The minimum Gasteiger partial charge on any atom is -0.396 e. The highest BCUT2D eigenvalue weighted by Gasteiger charge is 2.18. The standard InChI is InChI=1S/C15H27NO/c1-3-4-5-6-7-14(2)12-16-10-8-15(13-17)9-11-16/h4-7,14-15,17H,3,8-13H2,1-2H3/b5-4-,7-6-. The summed E-state index contributed by atoms with van der Waals surface area (Å²) in [6.45, 7) is 8.23. The van der Waals surface area contributed by atoms with Crippen LogP contribution in [0.3, 0.4) is 0 Å². The van der Waals surface area contributed by atoms with Gasteiger partial charge in [0.05, 0.1) is 0 Å². The maximum Gasteiger partial charge on any atom is 0.0460 e. The molecule has 1 fully saturated rings. The summed E-state index contributed by atoms with van der Waals surface area (Å²) in [6.07, 6.45) is 12.2. The number of nitrogens with zero attached hydrogens (tertiary/aromatic N) is 1. The number of allylic oxidation sites excluding steroid dienone is 3. The molecule has 1 aliphatic rings. The van der Waals surface area contributed by atoms with Crippen LogP contribution in [0.2, 0.25) is 0 Å². The lowest BCUT2D eigenvalue weighted by molar-refractivity contribution is 0.126. The fourth-order valence-electron chi connectivity index (χ4n) is 2.29. The molecule has 1 saturated heterocycles. The SMILES string of the molecule is CC/C=C\C=C/C(C)CN1CCC(CO)CC1. The summed E-state index contributed by atoms with van der Waals surface area (Å²) in [5.41, 5.74) is 0. The molecule has 2 nitrogen and oxygen atoms in total. The van der Waals surface area contributed by atoms with Crippen molar-refractivity contribution in [1.29, 1.82) is 0 Å². The summed E-state index contributed by atoms with van der Waals surface area (Å²) in [4.78, 5) is 2.52. The van der Waals surface area contributed by atoms with Crippen LogP contribution >= 0.6 is 0 Å². The van der Waals surface area contributed by atoms with Gasteiger partial charge >= 0.3 is 0 Å². The number of piperidine rings is 1. The Balaban J connectivity index is 2.21. The molecule has 98 valence electrons. The fraction of sp³-hybridized carbons (Fsp3) is 0.733. The zero-order chi connectivity index (χ0) is 12.5. The van der Waals surface area contributed by atoms with Crippen molar-refractivity contribution in [3.63, 3.8) is 0 Å². The van der Waals surface area contributed by atoms with Gasteiger partial charge in [0, 0.05) is 13.2 Å². The van der Waals surface area contributed by atoms with Gasteiger partial charge in [-0.1, -0.05) is 38.2 Å². The summed E-state index contributed by atoms with van der Waals surface area (Å²) >= 11 is 0. The highest BCUT2D eigenvalue weighted by atomic mass is 16.3. The first-order chi connectivity index (χ1) is 8.26. The molecular weight excluding hydrogens is 210 g/mol. The largest absolute Gasteiger partial charge is 0.396 e. The minimum atomic E-state index is 0.366. The van der Waals surface area contributed by atoms with Gasteiger partial charge in [-0.05, 0) is 44.2 Å². The topological polar surface area (TPSA) is 23.5 Å². The van der Waals surface area contributed by atoms with Gasteiger partial charge < -0.3 is 10.0 Å². The minimum absolute atomic E-state index is 0.366. The maximum atomic E-state index is 9.09. The first-order valence-electron chi connectivity index (χ1n) is 6.92. The average Bonchev–Trinajstić information content (AvgIpc) is 2.36. The highest BCUT2D eigenvalue weighted by molar-refractivity contribution is 5.03. The number of hydrogen-bond acceptors (Lipinski definition) is 2. The lowest BCUT2D eigenvalue weighted by Crippen LogP contribution is -2.37. The van der Waals surface area contributed by atoms with Gasteiger partial charge in [0.1, 0.15) is 0 Å². The smallest absolute Gasteiger partial charge is 0.0460 e. The van der Waals surface area contributed by atoms with Crippen molar-refractivity contribution in [2.24, 2.45) is 11.8 Å². The zero-order valence-corrected chi connectivity index (χ0v) is 11.3. The molecule has 0 saturated carbocycles. The third kappa shape index (κ3) is 6.04. The molecule has 1 unspecified atom stereocenters. The Morgan fingerprint density at radius 3 is 2.59 bits per heavy atom. The van der Waals surface area contributed by atoms with Gasteiger partial charge in [-0.3, -0.25) is 0 Å². The van der Waals surface area contributed by atoms with E-state index >= 15 is 0 Å². The molecular formula is C15H27NO. The van der Waals surface area contributed by atoms with E-state index in [1.165, 1.54) is 0 Å². The Labute approximate surface area is 106 Å². The highest BCUT2D eigenvalue weighted by Crippen LogP contribution is 2.17. The molecule has 0 bridgehead atoms. The van der Waals surface area contributed by atoms with Crippen molar-refractivity contribution in [3.8, 4) is 0 Å². The fourth-order valence-corrected chi connectivity index (χ4v) is 2.29. The van der Waals surface area contributed by atoms with Gasteiger partial charge in [0.2, 0.25) is 0 Å². The monoisotopic (exact) mass is 237 g/mol. The molecule has 1 aliphatic heterocycles. The Morgan fingerprint density at radius 2 is 2.00 bits per heavy atom. The molecule has 17 heavy (non-hydrogen) atoms. The molecule has 1 N–H and O–H groups in total. The molecule has 2 heteroatoms. The molecule has 1 heterocycles. The predicted octanol–water partition coefficient (Wildman–Crippen LogP) is 2.85. The zero-order valence-electron chi connectivity index (χ0n) is 11.3. The lowest BCUT2D eigenvalue weighted by atomic mass is 9.97. The van der Waals surface area contributed by atoms with Crippen molar-refractivity contribution in [1.82, 2.24) is 4.90 Å². The molecule has 0 aromatic rings. The second kappa shape index (κ2) is 8.48.